The molecule has 0 saturated heterocycles. The molecule has 4 nitrogen and oxygen atoms in total. The van der Waals surface area contributed by atoms with Crippen molar-refractivity contribution in [2.75, 3.05) is 13.2 Å². The monoisotopic (exact) mass is 237 g/mol. The molecule has 0 unspecified atom stereocenters. The molecule has 0 aliphatic heterocycles. The van der Waals surface area contributed by atoms with E-state index in [1.165, 1.54) is 0 Å². The van der Waals surface area contributed by atoms with Gasteiger partial charge in [-0.25, -0.2) is 4.79 Å². The molecule has 0 heterocycles. The minimum absolute atomic E-state index is 0.0584. The molecule has 0 radical (unpaired) electrons. The molecule has 2 N–H and O–H groups in total. The van der Waals surface area contributed by atoms with Gasteiger partial charge in [0.1, 0.15) is 5.75 Å². The highest BCUT2D eigenvalue weighted by molar-refractivity contribution is 5.71. The van der Waals surface area contributed by atoms with Gasteiger partial charge in [0.15, 0.2) is 0 Å². The van der Waals surface area contributed by atoms with E-state index in [4.69, 9.17) is 9.84 Å². The van der Waals surface area contributed by atoms with Crippen LogP contribution in [0.2, 0.25) is 0 Å². The summed E-state index contributed by atoms with van der Waals surface area (Å²) in [6.45, 7) is 6.31. The molecule has 0 spiro atoms. The fourth-order valence-corrected chi connectivity index (χ4v) is 1.73. The summed E-state index contributed by atoms with van der Waals surface area (Å²) in [5.74, 6) is 0.608. The molecule has 0 aromatic heterocycles. The number of carbonyl (C=O) groups excluding carboxylic acids is 1. The zero-order chi connectivity index (χ0) is 12.8. The van der Waals surface area contributed by atoms with Gasteiger partial charge in [0.25, 0.3) is 0 Å². The highest BCUT2D eigenvalue weighted by Crippen LogP contribution is 2.24. The standard InChI is InChI=1S/C13H19NO3/c1-9-7-10(2)12(11(3)8-9)17-13(16)14-5-4-6-15/h7-8,15H,4-6H2,1-3H3,(H,14,16). The third kappa shape index (κ3) is 4.07. The summed E-state index contributed by atoms with van der Waals surface area (Å²) in [5, 5.41) is 11.2. The van der Waals surface area contributed by atoms with Crippen molar-refractivity contribution in [3.05, 3.63) is 28.8 Å². The summed E-state index contributed by atoms with van der Waals surface area (Å²) in [7, 11) is 0. The van der Waals surface area contributed by atoms with Crippen LogP contribution in [-0.4, -0.2) is 24.4 Å². The van der Waals surface area contributed by atoms with Crippen molar-refractivity contribution < 1.29 is 14.6 Å². The second-order valence-corrected chi connectivity index (χ2v) is 4.12. The Bertz CT molecular complexity index is 379. The Morgan fingerprint density at radius 2 is 1.88 bits per heavy atom. The summed E-state index contributed by atoms with van der Waals surface area (Å²) >= 11 is 0. The van der Waals surface area contributed by atoms with Gasteiger partial charge in [-0.05, 0) is 38.3 Å². The first-order chi connectivity index (χ1) is 8.04. The number of carbonyl (C=O) groups is 1. The van der Waals surface area contributed by atoms with Gasteiger partial charge in [-0.2, -0.15) is 0 Å². The van der Waals surface area contributed by atoms with Crippen LogP contribution >= 0.6 is 0 Å². The minimum Gasteiger partial charge on any atom is -0.410 e. The molecule has 0 bridgehead atoms. The quantitative estimate of drug-likeness (QED) is 0.788. The first kappa shape index (κ1) is 13.5. The van der Waals surface area contributed by atoms with Crippen LogP contribution in [0.25, 0.3) is 0 Å². The average Bonchev–Trinajstić information content (AvgIpc) is 2.24. The zero-order valence-corrected chi connectivity index (χ0v) is 10.5. The lowest BCUT2D eigenvalue weighted by Crippen LogP contribution is -2.28. The molecule has 94 valence electrons. The van der Waals surface area contributed by atoms with Gasteiger partial charge in [0.05, 0.1) is 0 Å². The molecule has 0 atom stereocenters. The van der Waals surface area contributed by atoms with E-state index in [1.54, 1.807) is 0 Å². The molecule has 17 heavy (non-hydrogen) atoms. The van der Waals surface area contributed by atoms with Crippen LogP contribution < -0.4 is 10.1 Å². The predicted molar refractivity (Wildman–Crippen MR) is 66.4 cm³/mol. The number of hydrogen-bond donors (Lipinski definition) is 2. The lowest BCUT2D eigenvalue weighted by molar-refractivity contribution is 0.198. The Morgan fingerprint density at radius 1 is 1.29 bits per heavy atom. The Kier molecular flexibility index (Phi) is 4.97. The topological polar surface area (TPSA) is 58.6 Å². The molecule has 0 aliphatic carbocycles. The van der Waals surface area contributed by atoms with Gasteiger partial charge in [-0.1, -0.05) is 17.7 Å². The molecule has 1 aromatic carbocycles. The van der Waals surface area contributed by atoms with Crippen molar-refractivity contribution in [2.24, 2.45) is 0 Å². The third-order valence-electron chi connectivity index (χ3n) is 2.40. The largest absolute Gasteiger partial charge is 0.412 e. The maximum Gasteiger partial charge on any atom is 0.412 e. The van der Waals surface area contributed by atoms with Crippen LogP contribution in [0.15, 0.2) is 12.1 Å². The molecule has 1 aromatic rings. The Hall–Kier alpha value is -1.55. The van der Waals surface area contributed by atoms with Crippen molar-refractivity contribution in [1.29, 1.82) is 0 Å². The molecule has 0 fully saturated rings. The van der Waals surface area contributed by atoms with E-state index in [2.05, 4.69) is 5.32 Å². The Balaban J connectivity index is 2.65. The van der Waals surface area contributed by atoms with E-state index in [9.17, 15) is 4.79 Å². The smallest absolute Gasteiger partial charge is 0.410 e. The summed E-state index contributed by atoms with van der Waals surface area (Å²) in [4.78, 5) is 11.5. The fourth-order valence-electron chi connectivity index (χ4n) is 1.73. The second kappa shape index (κ2) is 6.25. The van der Waals surface area contributed by atoms with E-state index in [1.807, 2.05) is 32.9 Å². The number of aliphatic hydroxyl groups is 1. The van der Waals surface area contributed by atoms with Crippen molar-refractivity contribution in [2.45, 2.75) is 27.2 Å². The molecule has 4 heteroatoms. The normalized spacial score (nSPS) is 10.1. The minimum atomic E-state index is -0.478. The fraction of sp³-hybridized carbons (Fsp3) is 0.462. The average molecular weight is 237 g/mol. The van der Waals surface area contributed by atoms with E-state index in [-0.39, 0.29) is 6.61 Å². The SMILES string of the molecule is Cc1cc(C)c(OC(=O)NCCCO)c(C)c1. The molecular formula is C13H19NO3. The number of nitrogens with one attached hydrogen (secondary N) is 1. The van der Waals surface area contributed by atoms with Gasteiger partial charge >= 0.3 is 6.09 Å². The highest BCUT2D eigenvalue weighted by Gasteiger charge is 2.09. The summed E-state index contributed by atoms with van der Waals surface area (Å²) in [6, 6.07) is 3.95. The van der Waals surface area contributed by atoms with Crippen LogP contribution in [0.1, 0.15) is 23.1 Å². The number of aryl methyl sites for hydroxylation is 3. The summed E-state index contributed by atoms with van der Waals surface area (Å²) in [5.41, 5.74) is 3.03. The van der Waals surface area contributed by atoms with Crippen LogP contribution in [0.5, 0.6) is 5.75 Å². The van der Waals surface area contributed by atoms with Crippen LogP contribution in [0, 0.1) is 20.8 Å². The Morgan fingerprint density at radius 3 is 2.41 bits per heavy atom. The van der Waals surface area contributed by atoms with E-state index in [0.29, 0.717) is 18.7 Å². The first-order valence-electron chi connectivity index (χ1n) is 5.69. The van der Waals surface area contributed by atoms with Crippen molar-refractivity contribution in [3.8, 4) is 5.75 Å². The maximum atomic E-state index is 11.5. The molecule has 1 amide bonds. The first-order valence-corrected chi connectivity index (χ1v) is 5.69. The van der Waals surface area contributed by atoms with Gasteiger partial charge in [-0.15, -0.1) is 0 Å². The molecule has 0 aliphatic rings. The van der Waals surface area contributed by atoms with Crippen molar-refractivity contribution in [3.63, 3.8) is 0 Å². The van der Waals surface area contributed by atoms with Gasteiger partial charge in [0, 0.05) is 13.2 Å². The summed E-state index contributed by atoms with van der Waals surface area (Å²) < 4.78 is 5.25. The summed E-state index contributed by atoms with van der Waals surface area (Å²) in [6.07, 6.45) is 0.0505. The number of hydrogen-bond acceptors (Lipinski definition) is 3. The van der Waals surface area contributed by atoms with Gasteiger partial charge < -0.3 is 15.2 Å². The van der Waals surface area contributed by atoms with Crippen LogP contribution in [0.3, 0.4) is 0 Å². The number of amides is 1. The molecule has 0 saturated carbocycles. The van der Waals surface area contributed by atoms with Gasteiger partial charge in [0.2, 0.25) is 0 Å². The van der Waals surface area contributed by atoms with E-state index >= 15 is 0 Å². The van der Waals surface area contributed by atoms with E-state index in [0.717, 1.165) is 16.7 Å². The molecule has 1 rings (SSSR count). The highest BCUT2D eigenvalue weighted by atomic mass is 16.6. The van der Waals surface area contributed by atoms with Gasteiger partial charge in [-0.3, -0.25) is 0 Å². The number of ether oxygens (including phenoxy) is 1. The van der Waals surface area contributed by atoms with Crippen molar-refractivity contribution in [1.82, 2.24) is 5.32 Å². The van der Waals surface area contributed by atoms with Crippen LogP contribution in [0.4, 0.5) is 4.79 Å². The number of rotatable bonds is 4. The predicted octanol–water partition coefficient (Wildman–Crippen LogP) is 2.08. The maximum absolute atomic E-state index is 11.5. The lowest BCUT2D eigenvalue weighted by atomic mass is 10.1. The second-order valence-electron chi connectivity index (χ2n) is 4.12. The van der Waals surface area contributed by atoms with Crippen molar-refractivity contribution >= 4 is 6.09 Å². The lowest BCUT2D eigenvalue weighted by Gasteiger charge is -2.12. The zero-order valence-electron chi connectivity index (χ0n) is 10.5. The molecular weight excluding hydrogens is 218 g/mol. The van der Waals surface area contributed by atoms with E-state index < -0.39 is 6.09 Å². The number of aliphatic hydroxyl groups excluding tert-OH is 1. The number of benzene rings is 1. The Labute approximate surface area is 102 Å². The van der Waals surface area contributed by atoms with Crippen LogP contribution in [-0.2, 0) is 0 Å². The third-order valence-corrected chi connectivity index (χ3v) is 2.40.